The Labute approximate surface area is 126 Å². The second-order valence-corrected chi connectivity index (χ2v) is 4.45. The Hall–Kier alpha value is -3.39. The summed E-state index contributed by atoms with van der Waals surface area (Å²) in [6.45, 7) is 0. The van der Waals surface area contributed by atoms with Gasteiger partial charge in [-0.15, -0.1) is 0 Å². The van der Waals surface area contributed by atoms with Gasteiger partial charge in [-0.25, -0.2) is 4.79 Å². The summed E-state index contributed by atoms with van der Waals surface area (Å²) in [5.74, 6) is -1.31. The molecule has 2 aromatic rings. The van der Waals surface area contributed by atoms with E-state index in [1.807, 2.05) is 0 Å². The molecule has 0 amide bonds. The van der Waals surface area contributed by atoms with Crippen LogP contribution in [-0.2, 0) is 4.79 Å². The quantitative estimate of drug-likeness (QED) is 0.513. The summed E-state index contributed by atoms with van der Waals surface area (Å²) in [7, 11) is 0. The Morgan fingerprint density at radius 1 is 1.00 bits per heavy atom. The van der Waals surface area contributed by atoms with Crippen LogP contribution in [0.4, 0.5) is 0 Å². The Morgan fingerprint density at radius 3 is 1.91 bits per heavy atom. The van der Waals surface area contributed by atoms with Gasteiger partial charge in [0.1, 0.15) is 23.7 Å². The van der Waals surface area contributed by atoms with Crippen LogP contribution in [0.15, 0.2) is 54.1 Å². The molecule has 0 aliphatic heterocycles. The summed E-state index contributed by atoms with van der Waals surface area (Å²) >= 11 is 0. The highest BCUT2D eigenvalue weighted by atomic mass is 16.4. The predicted octanol–water partition coefficient (Wildman–Crippen LogP) is 2.61. The molecule has 2 aromatic carbocycles. The maximum absolute atomic E-state index is 11.3. The van der Waals surface area contributed by atoms with Crippen LogP contribution in [0, 0.1) is 11.3 Å². The number of hydrogen-bond acceptors (Lipinski definition) is 4. The number of phenols is 1. The van der Waals surface area contributed by atoms with Crippen LogP contribution in [0.25, 0.3) is 5.57 Å². The number of carbonyl (C=O) groups excluding carboxylic acids is 1. The number of benzene rings is 2. The van der Waals surface area contributed by atoms with Crippen molar-refractivity contribution >= 4 is 17.8 Å². The lowest BCUT2D eigenvalue weighted by molar-refractivity contribution is -0.132. The first-order chi connectivity index (χ1) is 10.6. The first kappa shape index (κ1) is 15.0. The summed E-state index contributed by atoms with van der Waals surface area (Å²) < 4.78 is 0. The summed E-state index contributed by atoms with van der Waals surface area (Å²) in [6.07, 6.45) is 0.677. The number of hydrogen-bond donors (Lipinski definition) is 2. The summed E-state index contributed by atoms with van der Waals surface area (Å²) in [5, 5.41) is 27.7. The first-order valence-corrected chi connectivity index (χ1v) is 6.29. The number of nitrogens with zero attached hydrogens (tertiary/aromatic N) is 1. The number of carbonyl (C=O) groups is 2. The second kappa shape index (κ2) is 6.37. The van der Waals surface area contributed by atoms with E-state index < -0.39 is 11.5 Å². The van der Waals surface area contributed by atoms with Crippen LogP contribution in [0.3, 0.4) is 0 Å². The van der Waals surface area contributed by atoms with Gasteiger partial charge in [0, 0.05) is 11.1 Å². The Kier molecular flexibility index (Phi) is 4.35. The molecule has 0 fully saturated rings. The number of rotatable bonds is 4. The normalized spacial score (nSPS) is 11.2. The number of carboxylic acid groups (broad SMARTS) is 1. The third kappa shape index (κ3) is 3.02. The van der Waals surface area contributed by atoms with Gasteiger partial charge in [0.15, 0.2) is 0 Å². The van der Waals surface area contributed by atoms with Gasteiger partial charge in [0.05, 0.1) is 0 Å². The maximum atomic E-state index is 11.3. The van der Waals surface area contributed by atoms with Gasteiger partial charge >= 0.3 is 5.97 Å². The SMILES string of the molecule is N#C/C(C(=O)O)=C(/c1ccc(O)cc1)c1ccc(C=O)cc1. The van der Waals surface area contributed by atoms with Crippen molar-refractivity contribution < 1.29 is 19.8 Å². The van der Waals surface area contributed by atoms with Gasteiger partial charge in [-0.1, -0.05) is 36.4 Å². The van der Waals surface area contributed by atoms with Crippen LogP contribution >= 0.6 is 0 Å². The lowest BCUT2D eigenvalue weighted by Gasteiger charge is -2.10. The van der Waals surface area contributed by atoms with Crippen LogP contribution in [0.5, 0.6) is 5.75 Å². The number of nitriles is 1. The molecule has 22 heavy (non-hydrogen) atoms. The van der Waals surface area contributed by atoms with Crippen LogP contribution < -0.4 is 0 Å². The zero-order valence-electron chi connectivity index (χ0n) is 11.4. The molecule has 0 radical (unpaired) electrons. The molecule has 2 rings (SSSR count). The van der Waals surface area contributed by atoms with E-state index in [1.54, 1.807) is 30.3 Å². The minimum Gasteiger partial charge on any atom is -0.508 e. The highest BCUT2D eigenvalue weighted by molar-refractivity contribution is 6.04. The smallest absolute Gasteiger partial charge is 0.347 e. The van der Waals surface area contributed by atoms with Gasteiger partial charge in [0.25, 0.3) is 0 Å². The van der Waals surface area contributed by atoms with Crippen molar-refractivity contribution in [3.8, 4) is 11.8 Å². The number of aldehydes is 1. The van der Waals surface area contributed by atoms with E-state index in [4.69, 9.17) is 5.26 Å². The summed E-state index contributed by atoms with van der Waals surface area (Å²) in [6, 6.07) is 13.8. The van der Waals surface area contributed by atoms with Crippen molar-refractivity contribution in [2.24, 2.45) is 0 Å². The molecule has 5 heteroatoms. The zero-order chi connectivity index (χ0) is 16.1. The molecule has 0 aliphatic carbocycles. The van der Waals surface area contributed by atoms with Crippen LogP contribution in [0.2, 0.25) is 0 Å². The van der Waals surface area contributed by atoms with Crippen molar-refractivity contribution in [2.45, 2.75) is 0 Å². The average Bonchev–Trinajstić information content (AvgIpc) is 2.53. The van der Waals surface area contributed by atoms with Crippen LogP contribution in [0.1, 0.15) is 21.5 Å². The average molecular weight is 293 g/mol. The van der Waals surface area contributed by atoms with Gasteiger partial charge in [-0.05, 0) is 23.3 Å². The molecule has 2 N–H and O–H groups in total. The van der Waals surface area contributed by atoms with Crippen molar-refractivity contribution in [1.29, 1.82) is 5.26 Å². The lowest BCUT2D eigenvalue weighted by atomic mass is 9.93. The number of aromatic hydroxyl groups is 1. The minimum absolute atomic E-state index is 0.0354. The molecule has 0 unspecified atom stereocenters. The van der Waals surface area contributed by atoms with Crippen molar-refractivity contribution in [3.05, 3.63) is 70.8 Å². The van der Waals surface area contributed by atoms with E-state index in [1.165, 1.54) is 24.3 Å². The topological polar surface area (TPSA) is 98.4 Å². The van der Waals surface area contributed by atoms with Crippen molar-refractivity contribution in [1.82, 2.24) is 0 Å². The molecule has 108 valence electrons. The molecule has 0 heterocycles. The standard InChI is InChI=1S/C17H11NO4/c18-9-15(17(21)22)16(13-5-7-14(20)8-6-13)12-3-1-11(10-19)2-4-12/h1-8,10,20H,(H,21,22)/b16-15-. The molecule has 0 atom stereocenters. The lowest BCUT2D eigenvalue weighted by Crippen LogP contribution is -2.04. The fraction of sp³-hybridized carbons (Fsp3) is 0. The molecule has 0 saturated heterocycles. The third-order valence-electron chi connectivity index (χ3n) is 3.07. The van der Waals surface area contributed by atoms with Gasteiger partial charge in [-0.3, -0.25) is 4.79 Å². The molecule has 0 aromatic heterocycles. The summed E-state index contributed by atoms with van der Waals surface area (Å²) in [5.41, 5.74) is 1.24. The molecular formula is C17H11NO4. The Bertz CT molecular complexity index is 781. The number of carboxylic acids is 1. The third-order valence-corrected chi connectivity index (χ3v) is 3.07. The predicted molar refractivity (Wildman–Crippen MR) is 79.2 cm³/mol. The second-order valence-electron chi connectivity index (χ2n) is 4.45. The van der Waals surface area contributed by atoms with E-state index in [0.717, 1.165) is 0 Å². The van der Waals surface area contributed by atoms with E-state index in [0.29, 0.717) is 23.0 Å². The molecule has 0 aliphatic rings. The van der Waals surface area contributed by atoms with E-state index in [-0.39, 0.29) is 11.3 Å². The molecule has 0 bridgehead atoms. The molecule has 5 nitrogen and oxygen atoms in total. The maximum Gasteiger partial charge on any atom is 0.347 e. The number of phenolic OH excluding ortho intramolecular Hbond substituents is 1. The monoisotopic (exact) mass is 293 g/mol. The van der Waals surface area contributed by atoms with E-state index in [9.17, 15) is 19.8 Å². The first-order valence-electron chi connectivity index (χ1n) is 6.29. The minimum atomic E-state index is -1.34. The van der Waals surface area contributed by atoms with Crippen molar-refractivity contribution in [3.63, 3.8) is 0 Å². The van der Waals surface area contributed by atoms with Gasteiger partial charge in [-0.2, -0.15) is 5.26 Å². The largest absolute Gasteiger partial charge is 0.508 e. The molecular weight excluding hydrogens is 282 g/mol. The van der Waals surface area contributed by atoms with Crippen molar-refractivity contribution in [2.75, 3.05) is 0 Å². The fourth-order valence-corrected chi connectivity index (χ4v) is 2.02. The van der Waals surface area contributed by atoms with Crippen LogP contribution in [-0.4, -0.2) is 22.5 Å². The Morgan fingerprint density at radius 2 is 1.50 bits per heavy atom. The highest BCUT2D eigenvalue weighted by Gasteiger charge is 2.17. The molecule has 0 saturated carbocycles. The van der Waals surface area contributed by atoms with E-state index >= 15 is 0 Å². The van der Waals surface area contributed by atoms with Gasteiger partial charge in [0.2, 0.25) is 0 Å². The Balaban J connectivity index is 2.69. The fourth-order valence-electron chi connectivity index (χ4n) is 2.02. The van der Waals surface area contributed by atoms with Gasteiger partial charge < -0.3 is 10.2 Å². The zero-order valence-corrected chi connectivity index (χ0v) is 11.4. The number of aliphatic carboxylic acids is 1. The summed E-state index contributed by atoms with van der Waals surface area (Å²) in [4.78, 5) is 22.0. The molecule has 0 spiro atoms. The van der Waals surface area contributed by atoms with E-state index in [2.05, 4.69) is 0 Å². The highest BCUT2D eigenvalue weighted by Crippen LogP contribution is 2.28.